The lowest BCUT2D eigenvalue weighted by molar-refractivity contribution is 0.412. The molecule has 22 heavy (non-hydrogen) atoms. The highest BCUT2D eigenvalue weighted by Crippen LogP contribution is 2.37. The average Bonchev–Trinajstić information content (AvgIpc) is 3.34. The smallest absolute Gasteiger partial charge is 0.188 e. The van der Waals surface area contributed by atoms with Gasteiger partial charge >= 0.3 is 0 Å². The molecule has 1 aromatic rings. The van der Waals surface area contributed by atoms with Crippen molar-refractivity contribution in [3.8, 4) is 0 Å². The third kappa shape index (κ3) is 5.37. The highest BCUT2D eigenvalue weighted by Gasteiger charge is 2.25. The summed E-state index contributed by atoms with van der Waals surface area (Å²) in [4.78, 5) is 13.3. The van der Waals surface area contributed by atoms with E-state index in [4.69, 9.17) is 5.73 Å². The maximum atomic E-state index is 5.95. The van der Waals surface area contributed by atoms with Crippen molar-refractivity contribution < 1.29 is 0 Å². The van der Waals surface area contributed by atoms with E-state index in [0.29, 0.717) is 24.5 Å². The summed E-state index contributed by atoms with van der Waals surface area (Å²) in [7, 11) is 0. The average molecular weight is 415 g/mol. The van der Waals surface area contributed by atoms with Gasteiger partial charge in [-0.3, -0.25) is 4.99 Å². The summed E-state index contributed by atoms with van der Waals surface area (Å²) in [6.45, 7) is 0.692. The minimum Gasteiger partial charge on any atom is -0.370 e. The van der Waals surface area contributed by atoms with Gasteiger partial charge < -0.3 is 11.1 Å². The maximum Gasteiger partial charge on any atom is 0.188 e. The van der Waals surface area contributed by atoms with Gasteiger partial charge in [-0.15, -0.1) is 24.0 Å². The quantitative estimate of drug-likeness (QED) is 0.441. The Balaban J connectivity index is 0.00000176. The summed E-state index contributed by atoms with van der Waals surface area (Å²) < 4.78 is 0. The Labute approximate surface area is 149 Å². The van der Waals surface area contributed by atoms with Crippen molar-refractivity contribution in [2.45, 2.75) is 63.3 Å². The first-order chi connectivity index (χ1) is 10.3. The highest BCUT2D eigenvalue weighted by molar-refractivity contribution is 14.0. The molecule has 0 unspecified atom stereocenters. The molecule has 2 saturated carbocycles. The Morgan fingerprint density at radius 1 is 1.14 bits per heavy atom. The highest BCUT2D eigenvalue weighted by atomic mass is 127. The van der Waals surface area contributed by atoms with E-state index in [2.05, 4.69) is 20.3 Å². The van der Waals surface area contributed by atoms with Crippen molar-refractivity contribution >= 4 is 29.9 Å². The number of rotatable bonds is 5. The van der Waals surface area contributed by atoms with Crippen molar-refractivity contribution in [1.29, 1.82) is 0 Å². The molecule has 1 aromatic heterocycles. The van der Waals surface area contributed by atoms with Gasteiger partial charge in [0.05, 0.1) is 0 Å². The molecule has 3 rings (SSSR count). The van der Waals surface area contributed by atoms with Crippen molar-refractivity contribution in [2.24, 2.45) is 10.7 Å². The van der Waals surface area contributed by atoms with E-state index in [0.717, 1.165) is 17.8 Å². The van der Waals surface area contributed by atoms with Gasteiger partial charge in [0.2, 0.25) is 0 Å². The Morgan fingerprint density at radius 3 is 2.45 bits per heavy atom. The van der Waals surface area contributed by atoms with Crippen LogP contribution in [0, 0.1) is 0 Å². The number of aromatic nitrogens is 2. The summed E-state index contributed by atoms with van der Waals surface area (Å²) in [5.41, 5.74) is 7.08. The van der Waals surface area contributed by atoms with Gasteiger partial charge in [-0.2, -0.15) is 0 Å². The first-order valence-electron chi connectivity index (χ1n) is 8.18. The number of halogens is 1. The third-order valence-corrected chi connectivity index (χ3v) is 4.31. The molecule has 0 spiro atoms. The van der Waals surface area contributed by atoms with E-state index in [-0.39, 0.29) is 24.0 Å². The number of nitrogens with zero attached hydrogens (tertiary/aromatic N) is 3. The largest absolute Gasteiger partial charge is 0.370 e. The Morgan fingerprint density at radius 2 is 1.82 bits per heavy atom. The van der Waals surface area contributed by atoms with Gasteiger partial charge in [-0.1, -0.05) is 19.3 Å². The molecule has 0 aliphatic heterocycles. The lowest BCUT2D eigenvalue weighted by Crippen LogP contribution is -2.41. The van der Waals surface area contributed by atoms with E-state index in [1.54, 1.807) is 0 Å². The minimum absolute atomic E-state index is 0. The molecule has 1 heterocycles. The molecule has 2 aliphatic carbocycles. The molecular weight excluding hydrogens is 389 g/mol. The van der Waals surface area contributed by atoms with Crippen LogP contribution in [0.2, 0.25) is 0 Å². The zero-order chi connectivity index (χ0) is 14.5. The van der Waals surface area contributed by atoms with Crippen LogP contribution in [0.15, 0.2) is 17.4 Å². The van der Waals surface area contributed by atoms with Crippen molar-refractivity contribution in [3.05, 3.63) is 23.8 Å². The lowest BCUT2D eigenvalue weighted by atomic mass is 9.96. The molecule has 0 aromatic carbocycles. The molecule has 0 amide bonds. The molecule has 0 atom stereocenters. The molecule has 122 valence electrons. The molecule has 0 bridgehead atoms. The van der Waals surface area contributed by atoms with Crippen LogP contribution < -0.4 is 11.1 Å². The maximum absolute atomic E-state index is 5.95. The normalized spacial score (nSPS) is 19.5. The zero-order valence-corrected chi connectivity index (χ0v) is 15.3. The van der Waals surface area contributed by atoms with Crippen molar-refractivity contribution in [2.75, 3.05) is 6.54 Å². The first kappa shape index (κ1) is 17.4. The SMILES string of the molecule is I.NC(=NCCc1cnc(C2CC2)nc1)NC1CCCCC1. The second kappa shape index (κ2) is 8.64. The van der Waals surface area contributed by atoms with Crippen LogP contribution in [0.5, 0.6) is 0 Å². The molecule has 2 fully saturated rings. The van der Waals surface area contributed by atoms with Gasteiger partial charge in [0.15, 0.2) is 5.96 Å². The number of aliphatic imine (C=N–C) groups is 1. The topological polar surface area (TPSA) is 76.2 Å². The predicted octanol–water partition coefficient (Wildman–Crippen LogP) is 2.75. The van der Waals surface area contributed by atoms with Crippen LogP contribution in [0.3, 0.4) is 0 Å². The molecular formula is C16H26IN5. The minimum atomic E-state index is 0. The van der Waals surface area contributed by atoms with Crippen LogP contribution in [-0.2, 0) is 6.42 Å². The van der Waals surface area contributed by atoms with Crippen LogP contribution in [0.25, 0.3) is 0 Å². The van der Waals surface area contributed by atoms with Gasteiger partial charge in [-0.05, 0) is 37.7 Å². The molecule has 0 saturated heterocycles. The fourth-order valence-corrected chi connectivity index (χ4v) is 2.85. The second-order valence-corrected chi connectivity index (χ2v) is 6.22. The van der Waals surface area contributed by atoms with Crippen LogP contribution in [-0.4, -0.2) is 28.5 Å². The van der Waals surface area contributed by atoms with Crippen molar-refractivity contribution in [1.82, 2.24) is 15.3 Å². The van der Waals surface area contributed by atoms with Crippen LogP contribution in [0.1, 0.15) is 62.3 Å². The Bertz CT molecular complexity index is 478. The zero-order valence-electron chi connectivity index (χ0n) is 13.0. The van der Waals surface area contributed by atoms with E-state index < -0.39 is 0 Å². The second-order valence-electron chi connectivity index (χ2n) is 6.22. The summed E-state index contributed by atoms with van der Waals surface area (Å²) >= 11 is 0. The van der Waals surface area contributed by atoms with Crippen LogP contribution >= 0.6 is 24.0 Å². The lowest BCUT2D eigenvalue weighted by Gasteiger charge is -2.23. The molecule has 6 heteroatoms. The van der Waals surface area contributed by atoms with Gasteiger partial charge in [0.25, 0.3) is 0 Å². The van der Waals surface area contributed by atoms with Gasteiger partial charge in [0.1, 0.15) is 5.82 Å². The Hall–Kier alpha value is -0.920. The molecule has 5 nitrogen and oxygen atoms in total. The number of guanidine groups is 1. The first-order valence-corrected chi connectivity index (χ1v) is 8.18. The predicted molar refractivity (Wildman–Crippen MR) is 99.6 cm³/mol. The number of hydrogen-bond donors (Lipinski definition) is 2. The van der Waals surface area contributed by atoms with Crippen molar-refractivity contribution in [3.63, 3.8) is 0 Å². The van der Waals surface area contributed by atoms with E-state index in [9.17, 15) is 0 Å². The standard InChI is InChI=1S/C16H25N5.HI/c17-16(21-14-4-2-1-3-5-14)18-9-8-12-10-19-15(20-11-12)13-6-7-13;/h10-11,13-14H,1-9H2,(H3,17,18,21);1H. The fraction of sp³-hybridized carbons (Fsp3) is 0.688. The number of hydrogen-bond acceptors (Lipinski definition) is 3. The van der Waals surface area contributed by atoms with Crippen LogP contribution in [0.4, 0.5) is 0 Å². The van der Waals surface area contributed by atoms with Gasteiger partial charge in [0, 0.05) is 30.9 Å². The van der Waals surface area contributed by atoms with E-state index >= 15 is 0 Å². The summed E-state index contributed by atoms with van der Waals surface area (Å²) in [5.74, 6) is 2.20. The fourth-order valence-electron chi connectivity index (χ4n) is 2.85. The molecule has 0 radical (unpaired) electrons. The monoisotopic (exact) mass is 415 g/mol. The third-order valence-electron chi connectivity index (χ3n) is 4.31. The molecule has 3 N–H and O–H groups in total. The summed E-state index contributed by atoms with van der Waals surface area (Å²) in [6, 6.07) is 0.517. The molecule has 2 aliphatic rings. The Kier molecular flexibility index (Phi) is 6.85. The number of nitrogens with two attached hydrogens (primary N) is 1. The number of nitrogens with one attached hydrogen (secondary N) is 1. The van der Waals surface area contributed by atoms with Gasteiger partial charge in [-0.25, -0.2) is 9.97 Å². The van der Waals surface area contributed by atoms with E-state index in [1.165, 1.54) is 44.9 Å². The summed E-state index contributed by atoms with van der Waals surface area (Å²) in [6.07, 6.45) is 13.6. The van der Waals surface area contributed by atoms with E-state index in [1.807, 2.05) is 12.4 Å². The summed E-state index contributed by atoms with van der Waals surface area (Å²) in [5, 5.41) is 3.33.